The number of unbranched alkanes of at least 4 members (excludes halogenated alkanes) is 1. The Morgan fingerprint density at radius 2 is 1.94 bits per heavy atom. The van der Waals surface area contributed by atoms with Gasteiger partial charge >= 0.3 is 0 Å². The van der Waals surface area contributed by atoms with Crippen LogP contribution in [0.3, 0.4) is 0 Å². The summed E-state index contributed by atoms with van der Waals surface area (Å²) in [6.45, 7) is 5.87. The van der Waals surface area contributed by atoms with E-state index in [1.807, 2.05) is 0 Å². The molecule has 100 valence electrons. The van der Waals surface area contributed by atoms with Crippen LogP contribution in [0.2, 0.25) is 0 Å². The van der Waals surface area contributed by atoms with Gasteiger partial charge in [-0.2, -0.15) is 0 Å². The molecule has 1 aliphatic rings. The van der Waals surface area contributed by atoms with Crippen LogP contribution in [0.4, 0.5) is 0 Å². The molecule has 1 aromatic rings. The fourth-order valence-corrected chi connectivity index (χ4v) is 2.81. The molecule has 0 radical (unpaired) electrons. The van der Waals surface area contributed by atoms with Gasteiger partial charge in [0.15, 0.2) is 0 Å². The Morgan fingerprint density at radius 1 is 1.22 bits per heavy atom. The van der Waals surface area contributed by atoms with Crippen molar-refractivity contribution in [2.45, 2.75) is 58.4 Å². The van der Waals surface area contributed by atoms with Gasteiger partial charge in [0.1, 0.15) is 0 Å². The average molecular weight is 245 g/mol. The molecule has 1 aromatic carbocycles. The smallest absolute Gasteiger partial charge is 0.0320 e. The normalized spacial score (nSPS) is 19.2. The van der Waals surface area contributed by atoms with Gasteiger partial charge in [-0.1, -0.05) is 63.4 Å². The maximum Gasteiger partial charge on any atom is 0.0320 e. The van der Waals surface area contributed by atoms with Crippen LogP contribution in [0.5, 0.6) is 0 Å². The van der Waals surface area contributed by atoms with E-state index < -0.39 is 0 Å². The fourth-order valence-electron chi connectivity index (χ4n) is 2.81. The summed E-state index contributed by atoms with van der Waals surface area (Å²) in [7, 11) is 0. The zero-order chi connectivity index (χ0) is 12.8. The maximum absolute atomic E-state index is 3.81. The largest absolute Gasteiger partial charge is 0.309 e. The molecular weight excluding hydrogens is 218 g/mol. The highest BCUT2D eigenvalue weighted by molar-refractivity contribution is 5.18. The fraction of sp³-hybridized carbons (Fsp3) is 0.647. The third-order valence-electron chi connectivity index (χ3n) is 4.38. The van der Waals surface area contributed by atoms with E-state index in [0.29, 0.717) is 11.5 Å². The summed E-state index contributed by atoms with van der Waals surface area (Å²) >= 11 is 0. The molecule has 1 nitrogen and oxygen atoms in total. The van der Waals surface area contributed by atoms with Crippen molar-refractivity contribution in [3.05, 3.63) is 35.9 Å². The van der Waals surface area contributed by atoms with Crippen LogP contribution < -0.4 is 5.32 Å². The first kappa shape index (κ1) is 13.6. The van der Waals surface area contributed by atoms with Crippen molar-refractivity contribution in [1.29, 1.82) is 0 Å². The van der Waals surface area contributed by atoms with Gasteiger partial charge in [0, 0.05) is 12.6 Å². The lowest BCUT2D eigenvalue weighted by Gasteiger charge is -2.40. The number of nitrogens with one attached hydrogen (secondary N) is 1. The second-order valence-corrected chi connectivity index (χ2v) is 6.15. The maximum atomic E-state index is 3.81. The van der Waals surface area contributed by atoms with Gasteiger partial charge in [-0.15, -0.1) is 0 Å². The predicted octanol–water partition coefficient (Wildman–Crippen LogP) is 4.70. The molecule has 1 atom stereocenters. The summed E-state index contributed by atoms with van der Waals surface area (Å²) in [5, 5.41) is 3.81. The van der Waals surface area contributed by atoms with E-state index in [-0.39, 0.29) is 0 Å². The molecule has 1 aliphatic carbocycles. The number of hydrogen-bond donors (Lipinski definition) is 1. The SMILES string of the molecule is CCCCC(NCC1(C)CCC1)c1ccccc1. The summed E-state index contributed by atoms with van der Waals surface area (Å²) in [6.07, 6.45) is 8.07. The lowest BCUT2D eigenvalue weighted by atomic mass is 9.70. The van der Waals surface area contributed by atoms with E-state index >= 15 is 0 Å². The van der Waals surface area contributed by atoms with Crippen molar-refractivity contribution >= 4 is 0 Å². The highest BCUT2D eigenvalue weighted by atomic mass is 14.9. The van der Waals surface area contributed by atoms with E-state index in [9.17, 15) is 0 Å². The van der Waals surface area contributed by atoms with Crippen LogP contribution in [0.1, 0.15) is 64.0 Å². The Morgan fingerprint density at radius 3 is 2.50 bits per heavy atom. The van der Waals surface area contributed by atoms with Gasteiger partial charge in [-0.05, 0) is 30.2 Å². The highest BCUT2D eigenvalue weighted by Gasteiger charge is 2.31. The second kappa shape index (κ2) is 6.38. The lowest BCUT2D eigenvalue weighted by molar-refractivity contribution is 0.149. The molecule has 1 N–H and O–H groups in total. The third-order valence-corrected chi connectivity index (χ3v) is 4.38. The van der Waals surface area contributed by atoms with E-state index in [4.69, 9.17) is 0 Å². The molecule has 2 rings (SSSR count). The van der Waals surface area contributed by atoms with Crippen molar-refractivity contribution < 1.29 is 0 Å². The van der Waals surface area contributed by atoms with Gasteiger partial charge < -0.3 is 5.32 Å². The molecule has 0 aromatic heterocycles. The first-order valence-corrected chi connectivity index (χ1v) is 7.52. The summed E-state index contributed by atoms with van der Waals surface area (Å²) in [5.74, 6) is 0. The van der Waals surface area contributed by atoms with Crippen molar-refractivity contribution in [2.75, 3.05) is 6.54 Å². The van der Waals surface area contributed by atoms with E-state index in [1.54, 1.807) is 0 Å². The third kappa shape index (κ3) is 3.58. The molecule has 0 amide bonds. The molecule has 1 fully saturated rings. The standard InChI is InChI=1S/C17H27N/c1-3-4-11-16(15-9-6-5-7-10-15)18-14-17(2)12-8-13-17/h5-7,9-10,16,18H,3-4,8,11-14H2,1-2H3. The van der Waals surface area contributed by atoms with Crippen molar-refractivity contribution in [3.63, 3.8) is 0 Å². The van der Waals surface area contributed by atoms with Gasteiger partial charge in [0.2, 0.25) is 0 Å². The van der Waals surface area contributed by atoms with Crippen LogP contribution in [0.15, 0.2) is 30.3 Å². The van der Waals surface area contributed by atoms with Crippen LogP contribution in [0.25, 0.3) is 0 Å². The van der Waals surface area contributed by atoms with Crippen molar-refractivity contribution in [1.82, 2.24) is 5.32 Å². The van der Waals surface area contributed by atoms with Crippen LogP contribution >= 0.6 is 0 Å². The molecule has 0 spiro atoms. The van der Waals surface area contributed by atoms with E-state index in [1.165, 1.54) is 50.6 Å². The number of hydrogen-bond acceptors (Lipinski definition) is 1. The zero-order valence-corrected chi connectivity index (χ0v) is 11.9. The molecule has 1 heteroatoms. The quantitative estimate of drug-likeness (QED) is 0.734. The molecule has 0 aliphatic heterocycles. The molecule has 1 unspecified atom stereocenters. The first-order valence-electron chi connectivity index (χ1n) is 7.52. The minimum Gasteiger partial charge on any atom is -0.309 e. The molecule has 18 heavy (non-hydrogen) atoms. The van der Waals surface area contributed by atoms with Crippen molar-refractivity contribution in [3.8, 4) is 0 Å². The van der Waals surface area contributed by atoms with E-state index in [0.717, 1.165) is 0 Å². The van der Waals surface area contributed by atoms with Gasteiger partial charge in [-0.25, -0.2) is 0 Å². The summed E-state index contributed by atoms with van der Waals surface area (Å²) in [5.41, 5.74) is 2.02. The van der Waals surface area contributed by atoms with Gasteiger partial charge in [0.05, 0.1) is 0 Å². The molecule has 1 saturated carbocycles. The lowest BCUT2D eigenvalue weighted by Crippen LogP contribution is -2.38. The molecule has 0 heterocycles. The summed E-state index contributed by atoms with van der Waals surface area (Å²) in [6, 6.07) is 11.5. The minimum absolute atomic E-state index is 0.545. The zero-order valence-electron chi connectivity index (χ0n) is 11.9. The first-order chi connectivity index (χ1) is 8.73. The monoisotopic (exact) mass is 245 g/mol. The Balaban J connectivity index is 1.92. The predicted molar refractivity (Wildman–Crippen MR) is 78.7 cm³/mol. The van der Waals surface area contributed by atoms with Gasteiger partial charge in [-0.3, -0.25) is 0 Å². The topological polar surface area (TPSA) is 12.0 Å². The minimum atomic E-state index is 0.545. The molecule has 0 saturated heterocycles. The van der Waals surface area contributed by atoms with Crippen molar-refractivity contribution in [2.24, 2.45) is 5.41 Å². The van der Waals surface area contributed by atoms with Crippen LogP contribution in [-0.4, -0.2) is 6.54 Å². The number of rotatable bonds is 7. The number of benzene rings is 1. The molecule has 0 bridgehead atoms. The summed E-state index contributed by atoms with van der Waals surface area (Å²) in [4.78, 5) is 0. The van der Waals surface area contributed by atoms with Crippen LogP contribution in [-0.2, 0) is 0 Å². The van der Waals surface area contributed by atoms with Crippen LogP contribution in [0, 0.1) is 5.41 Å². The Kier molecular flexibility index (Phi) is 4.82. The van der Waals surface area contributed by atoms with E-state index in [2.05, 4.69) is 49.5 Å². The Bertz CT molecular complexity index is 340. The summed E-state index contributed by atoms with van der Waals surface area (Å²) < 4.78 is 0. The second-order valence-electron chi connectivity index (χ2n) is 6.15. The Labute approximate surface area is 112 Å². The average Bonchev–Trinajstić information content (AvgIpc) is 2.38. The Hall–Kier alpha value is -0.820. The highest BCUT2D eigenvalue weighted by Crippen LogP contribution is 2.40. The van der Waals surface area contributed by atoms with Gasteiger partial charge in [0.25, 0.3) is 0 Å². The molecular formula is C17H27N.